The Kier molecular flexibility index (Phi) is 6.78. The van der Waals surface area contributed by atoms with Crippen molar-refractivity contribution in [2.75, 3.05) is 0 Å². The largest absolute Gasteiger partial charge is 0.452 e. The summed E-state index contributed by atoms with van der Waals surface area (Å²) < 4.78 is 38.8. The Morgan fingerprint density at radius 1 is 1.00 bits per heavy atom. The molecule has 9 heteroatoms. The molecule has 3 fully saturated rings. The first-order valence-corrected chi connectivity index (χ1v) is 9.85. The number of hydrogen-bond donors (Lipinski definition) is 2. The second-order valence-corrected chi connectivity index (χ2v) is 8.62. The molecule has 1 aliphatic carbocycles. The van der Waals surface area contributed by atoms with Gasteiger partial charge in [0.2, 0.25) is 11.8 Å². The fourth-order valence-corrected chi connectivity index (χ4v) is 4.21. The third kappa shape index (κ3) is 4.50. The molecule has 3 aliphatic rings. The number of alkyl halides is 3. The molecule has 3 N–H and O–H groups in total. The third-order valence-corrected chi connectivity index (χ3v) is 5.93. The number of hydrogen-bond acceptors (Lipinski definition) is 4. The molecule has 2 saturated heterocycles. The standard InChI is InChI=1S/C19H30F3N3O3/c1-9(2)13(23)18(28)25-12-7-5-11(6-8-12)15(25)17(27)24-14(10(3)4)16(26)19(20,21)22/h9-15H,5-8,23H2,1-4H3,(H,24,27)/t11?,12?,13-,14-,15+/m0/s1. The minimum Gasteiger partial charge on any atom is -0.344 e. The molecule has 3 rings (SSSR count). The summed E-state index contributed by atoms with van der Waals surface area (Å²) in [5.41, 5.74) is 6.01. The van der Waals surface area contributed by atoms with E-state index in [-0.39, 0.29) is 23.8 Å². The summed E-state index contributed by atoms with van der Waals surface area (Å²) in [5, 5.41) is 2.29. The van der Waals surface area contributed by atoms with Gasteiger partial charge >= 0.3 is 6.18 Å². The van der Waals surface area contributed by atoms with Gasteiger partial charge < -0.3 is 16.0 Å². The van der Waals surface area contributed by atoms with E-state index >= 15 is 0 Å². The number of Topliss-reactive ketones (excluding diaryl/α,β-unsaturated/α-hetero) is 1. The van der Waals surface area contributed by atoms with Gasteiger partial charge in [-0.1, -0.05) is 27.7 Å². The first-order chi connectivity index (χ1) is 12.9. The molecule has 0 unspecified atom stereocenters. The molecule has 0 spiro atoms. The molecule has 0 aromatic rings. The maximum Gasteiger partial charge on any atom is 0.452 e. The minimum absolute atomic E-state index is 0.133. The minimum atomic E-state index is -5.04. The number of fused-ring (bicyclic) bond motifs is 3. The van der Waals surface area contributed by atoms with Crippen molar-refractivity contribution in [1.82, 2.24) is 10.2 Å². The number of carbonyl (C=O) groups excluding carboxylic acids is 3. The van der Waals surface area contributed by atoms with Gasteiger partial charge in [-0.15, -0.1) is 0 Å². The van der Waals surface area contributed by atoms with Crippen molar-refractivity contribution in [2.24, 2.45) is 23.5 Å². The first kappa shape index (κ1) is 22.6. The van der Waals surface area contributed by atoms with Crippen molar-refractivity contribution < 1.29 is 27.6 Å². The van der Waals surface area contributed by atoms with E-state index in [0.29, 0.717) is 0 Å². The van der Waals surface area contributed by atoms with Crippen LogP contribution in [0.15, 0.2) is 0 Å². The van der Waals surface area contributed by atoms with Crippen LogP contribution in [0.5, 0.6) is 0 Å². The van der Waals surface area contributed by atoms with E-state index in [2.05, 4.69) is 5.32 Å². The van der Waals surface area contributed by atoms with Crippen LogP contribution in [0.25, 0.3) is 0 Å². The van der Waals surface area contributed by atoms with E-state index in [1.165, 1.54) is 18.7 Å². The Morgan fingerprint density at radius 2 is 1.54 bits per heavy atom. The predicted octanol–water partition coefficient (Wildman–Crippen LogP) is 2.01. The van der Waals surface area contributed by atoms with E-state index in [1.807, 2.05) is 0 Å². The second-order valence-electron chi connectivity index (χ2n) is 8.62. The molecular formula is C19H30F3N3O3. The SMILES string of the molecule is CC(C)[C@H](N)C(=O)N1C2CCC(CC2)[C@@H]1C(=O)N[C@H](C(=O)C(F)(F)F)C(C)C. The van der Waals surface area contributed by atoms with Crippen molar-refractivity contribution in [1.29, 1.82) is 0 Å². The van der Waals surface area contributed by atoms with E-state index < -0.39 is 41.9 Å². The monoisotopic (exact) mass is 405 g/mol. The highest BCUT2D eigenvalue weighted by molar-refractivity contribution is 5.96. The predicted molar refractivity (Wildman–Crippen MR) is 97.0 cm³/mol. The van der Waals surface area contributed by atoms with Crippen LogP contribution in [0.4, 0.5) is 13.2 Å². The summed E-state index contributed by atoms with van der Waals surface area (Å²) in [6.07, 6.45) is -2.09. The summed E-state index contributed by atoms with van der Waals surface area (Å²) in [4.78, 5) is 39.1. The van der Waals surface area contributed by atoms with Crippen LogP contribution in [-0.2, 0) is 14.4 Å². The molecular weight excluding hydrogens is 375 g/mol. The van der Waals surface area contributed by atoms with Crippen LogP contribution in [0.3, 0.4) is 0 Å². The normalized spacial score (nSPS) is 27.1. The Hall–Kier alpha value is -1.64. The van der Waals surface area contributed by atoms with Crippen molar-refractivity contribution >= 4 is 17.6 Å². The average Bonchev–Trinajstić information content (AvgIpc) is 2.63. The second kappa shape index (κ2) is 8.39. The lowest BCUT2D eigenvalue weighted by Gasteiger charge is -2.51. The number of ketones is 1. The van der Waals surface area contributed by atoms with Gasteiger partial charge in [-0.25, -0.2) is 0 Å². The van der Waals surface area contributed by atoms with Gasteiger partial charge in [0.05, 0.1) is 12.1 Å². The van der Waals surface area contributed by atoms with Gasteiger partial charge in [0.15, 0.2) is 0 Å². The van der Waals surface area contributed by atoms with Gasteiger partial charge in [-0.2, -0.15) is 13.2 Å². The van der Waals surface area contributed by atoms with Crippen molar-refractivity contribution in [2.45, 2.75) is 83.7 Å². The Morgan fingerprint density at radius 3 is 1.96 bits per heavy atom. The summed E-state index contributed by atoms with van der Waals surface area (Å²) in [6.45, 7) is 6.49. The van der Waals surface area contributed by atoms with Crippen LogP contribution >= 0.6 is 0 Å². The number of rotatable bonds is 6. The Bertz CT molecular complexity index is 613. The highest BCUT2D eigenvalue weighted by atomic mass is 19.4. The third-order valence-electron chi connectivity index (χ3n) is 5.93. The van der Waals surface area contributed by atoms with Crippen molar-refractivity contribution in [3.63, 3.8) is 0 Å². The fraction of sp³-hybridized carbons (Fsp3) is 0.842. The van der Waals surface area contributed by atoms with Crippen LogP contribution < -0.4 is 11.1 Å². The van der Waals surface area contributed by atoms with E-state index in [1.54, 1.807) is 13.8 Å². The molecule has 28 heavy (non-hydrogen) atoms. The quantitative estimate of drug-likeness (QED) is 0.707. The fourth-order valence-electron chi connectivity index (χ4n) is 4.21. The topological polar surface area (TPSA) is 92.5 Å². The van der Waals surface area contributed by atoms with Gasteiger partial charge in [-0.05, 0) is 43.4 Å². The molecule has 2 amide bonds. The number of nitrogens with zero attached hydrogens (tertiary/aromatic N) is 1. The number of nitrogens with two attached hydrogens (primary N) is 1. The van der Waals surface area contributed by atoms with Crippen molar-refractivity contribution in [3.05, 3.63) is 0 Å². The Balaban J connectivity index is 2.27. The lowest BCUT2D eigenvalue weighted by molar-refractivity contribution is -0.175. The molecule has 2 heterocycles. The highest BCUT2D eigenvalue weighted by Crippen LogP contribution is 2.40. The van der Waals surface area contributed by atoms with Crippen LogP contribution in [0.1, 0.15) is 53.4 Å². The zero-order valence-corrected chi connectivity index (χ0v) is 16.8. The molecule has 3 atom stereocenters. The average molecular weight is 405 g/mol. The number of amides is 2. The number of halogens is 3. The van der Waals surface area contributed by atoms with E-state index in [0.717, 1.165) is 25.7 Å². The van der Waals surface area contributed by atoms with Gasteiger partial charge in [-0.3, -0.25) is 14.4 Å². The first-order valence-electron chi connectivity index (χ1n) is 9.85. The number of piperidine rings is 2. The van der Waals surface area contributed by atoms with Gasteiger partial charge in [0, 0.05) is 6.04 Å². The summed E-state index contributed by atoms with van der Waals surface area (Å²) in [6, 6.07) is -3.49. The zero-order valence-electron chi connectivity index (χ0n) is 16.8. The lowest BCUT2D eigenvalue weighted by atomic mass is 9.73. The highest BCUT2D eigenvalue weighted by Gasteiger charge is 2.51. The lowest BCUT2D eigenvalue weighted by Crippen LogP contribution is -2.67. The zero-order chi connectivity index (χ0) is 21.4. The summed E-state index contributed by atoms with van der Waals surface area (Å²) in [5.74, 6) is -4.04. The molecule has 1 saturated carbocycles. The molecule has 2 aliphatic heterocycles. The van der Waals surface area contributed by atoms with E-state index in [4.69, 9.17) is 5.73 Å². The van der Waals surface area contributed by atoms with E-state index in [9.17, 15) is 27.6 Å². The molecule has 0 aromatic carbocycles. The molecule has 2 bridgehead atoms. The smallest absolute Gasteiger partial charge is 0.344 e. The molecule has 6 nitrogen and oxygen atoms in total. The maximum atomic E-state index is 13.0. The van der Waals surface area contributed by atoms with Gasteiger partial charge in [0.25, 0.3) is 5.78 Å². The van der Waals surface area contributed by atoms with Crippen LogP contribution in [0.2, 0.25) is 0 Å². The number of nitrogens with one attached hydrogen (secondary N) is 1. The van der Waals surface area contributed by atoms with Crippen LogP contribution in [0, 0.1) is 17.8 Å². The number of carbonyl (C=O) groups is 3. The summed E-state index contributed by atoms with van der Waals surface area (Å²) in [7, 11) is 0. The van der Waals surface area contributed by atoms with Crippen molar-refractivity contribution in [3.8, 4) is 0 Å². The molecule has 160 valence electrons. The summed E-state index contributed by atoms with van der Waals surface area (Å²) >= 11 is 0. The molecule has 0 radical (unpaired) electrons. The van der Waals surface area contributed by atoms with Gasteiger partial charge in [0.1, 0.15) is 6.04 Å². The Labute approximate surface area is 163 Å². The van der Waals surface area contributed by atoms with Crippen LogP contribution in [-0.4, -0.2) is 52.8 Å². The maximum absolute atomic E-state index is 13.0. The molecule has 0 aromatic heterocycles.